The number of carbonyl (C=O) groups excluding carboxylic acids is 1. The maximum Gasteiger partial charge on any atom is 0.323 e. The van der Waals surface area contributed by atoms with Crippen LogP contribution >= 0.6 is 0 Å². The first-order valence-electron chi connectivity index (χ1n) is 15.3. The molecule has 7 heteroatoms. The van der Waals surface area contributed by atoms with Gasteiger partial charge in [-0.3, -0.25) is 9.59 Å². The number of amides is 1. The van der Waals surface area contributed by atoms with Gasteiger partial charge in [-0.2, -0.15) is 0 Å². The third kappa shape index (κ3) is 2.94. The van der Waals surface area contributed by atoms with Crippen LogP contribution in [0.4, 0.5) is 11.4 Å². The summed E-state index contributed by atoms with van der Waals surface area (Å²) in [7, 11) is 0. The maximum absolute atomic E-state index is 14.2. The molecule has 0 aromatic heterocycles. The van der Waals surface area contributed by atoms with Gasteiger partial charge < -0.3 is 24.5 Å². The normalized spacial score (nSPS) is 20.6. The highest BCUT2D eigenvalue weighted by molar-refractivity contribution is 6.04. The van der Waals surface area contributed by atoms with Crippen LogP contribution in [-0.4, -0.2) is 54.6 Å². The molecule has 0 saturated carbocycles. The number of carbonyl (C=O) groups is 2. The Hall–Kier alpha value is -4.00. The highest BCUT2D eigenvalue weighted by Gasteiger charge is 2.58. The molecular formula is C34H33N3O4. The molecule has 0 aliphatic carbocycles. The van der Waals surface area contributed by atoms with Crippen LogP contribution in [0, 0.1) is 0 Å². The lowest BCUT2D eigenvalue weighted by atomic mass is 9.70. The van der Waals surface area contributed by atoms with E-state index in [4.69, 9.17) is 4.74 Å². The Morgan fingerprint density at radius 2 is 1.32 bits per heavy atom. The van der Waals surface area contributed by atoms with Crippen molar-refractivity contribution < 1.29 is 19.4 Å². The van der Waals surface area contributed by atoms with Crippen LogP contribution in [0.2, 0.25) is 0 Å². The minimum Gasteiger partial charge on any atom is -0.480 e. The fourth-order valence-corrected chi connectivity index (χ4v) is 9.01. The number of hydrogen-bond donors (Lipinski definition) is 1. The van der Waals surface area contributed by atoms with Crippen molar-refractivity contribution in [2.45, 2.75) is 56.9 Å². The largest absolute Gasteiger partial charge is 0.480 e. The Bertz CT molecular complexity index is 1610. The number of carboxylic acid groups (broad SMARTS) is 1. The van der Waals surface area contributed by atoms with E-state index in [9.17, 15) is 14.7 Å². The van der Waals surface area contributed by atoms with Gasteiger partial charge in [0.1, 0.15) is 23.6 Å². The fraction of sp³-hybridized carbons (Fsp3) is 0.412. The van der Waals surface area contributed by atoms with Gasteiger partial charge >= 0.3 is 5.97 Å². The molecule has 0 atom stereocenters. The van der Waals surface area contributed by atoms with Gasteiger partial charge in [0, 0.05) is 65.4 Å². The summed E-state index contributed by atoms with van der Waals surface area (Å²) >= 11 is 0. The van der Waals surface area contributed by atoms with Crippen LogP contribution in [0.3, 0.4) is 0 Å². The van der Waals surface area contributed by atoms with Crippen molar-refractivity contribution in [1.82, 2.24) is 4.90 Å². The summed E-state index contributed by atoms with van der Waals surface area (Å²) in [5.74, 6) is 0.484. The molecule has 0 saturated heterocycles. The first kappa shape index (κ1) is 23.7. The van der Waals surface area contributed by atoms with Gasteiger partial charge in [-0.1, -0.05) is 18.2 Å². The van der Waals surface area contributed by atoms with Crippen LogP contribution in [0.15, 0.2) is 36.4 Å². The van der Waals surface area contributed by atoms with Crippen molar-refractivity contribution >= 4 is 23.3 Å². The predicted molar refractivity (Wildman–Crippen MR) is 156 cm³/mol. The van der Waals surface area contributed by atoms with Gasteiger partial charge in [0.05, 0.1) is 0 Å². The summed E-state index contributed by atoms with van der Waals surface area (Å²) in [6.07, 6.45) is 8.12. The number of aryl methyl sites for hydroxylation is 2. The minimum atomic E-state index is -1.05. The Morgan fingerprint density at radius 3 is 1.88 bits per heavy atom. The summed E-state index contributed by atoms with van der Waals surface area (Å²) in [6.45, 7) is 3.85. The van der Waals surface area contributed by atoms with Crippen molar-refractivity contribution in [3.05, 3.63) is 80.9 Å². The molecule has 0 bridgehead atoms. The zero-order valence-corrected chi connectivity index (χ0v) is 23.2. The summed E-state index contributed by atoms with van der Waals surface area (Å²) in [5, 5.41) is 10.2. The van der Waals surface area contributed by atoms with Gasteiger partial charge in [0.15, 0.2) is 0 Å². The smallest absolute Gasteiger partial charge is 0.323 e. The van der Waals surface area contributed by atoms with Crippen LogP contribution in [0.1, 0.15) is 75.0 Å². The first-order chi connectivity index (χ1) is 20.1. The number of hydrogen-bond acceptors (Lipinski definition) is 5. The molecule has 1 N–H and O–H groups in total. The second-order valence-electron chi connectivity index (χ2n) is 12.5. The van der Waals surface area contributed by atoms with Crippen LogP contribution < -0.4 is 14.5 Å². The number of rotatable bonds is 2. The highest BCUT2D eigenvalue weighted by atomic mass is 16.5. The van der Waals surface area contributed by atoms with Gasteiger partial charge in [0.2, 0.25) is 0 Å². The molecule has 0 fully saturated rings. The molecule has 6 aliphatic heterocycles. The Morgan fingerprint density at radius 1 is 0.780 bits per heavy atom. The zero-order chi connectivity index (χ0) is 27.5. The van der Waals surface area contributed by atoms with E-state index in [1.54, 1.807) is 4.90 Å². The standard InChI is InChI=1S/C34H33N3O4/c38-28(39)19-37-33(40)22-9-1-2-12-25(22)34(37)26-17-20-7-3-13-35-15-5-10-23(29(20)35)31(26)41-32-24-11-6-16-36-14-4-8-21(30(24)36)18-27(32)34/h1-2,9,12,17-18H,3-8,10-11,13-16,19H2,(H,38,39). The van der Waals surface area contributed by atoms with E-state index in [0.29, 0.717) is 5.56 Å². The van der Waals surface area contributed by atoms with Gasteiger partial charge in [-0.05, 0) is 86.3 Å². The monoisotopic (exact) mass is 547 g/mol. The zero-order valence-electron chi connectivity index (χ0n) is 23.2. The van der Waals surface area contributed by atoms with Gasteiger partial charge in [-0.25, -0.2) is 0 Å². The molecular weight excluding hydrogens is 514 g/mol. The first-order valence-corrected chi connectivity index (χ1v) is 15.3. The van der Waals surface area contributed by atoms with Crippen LogP contribution in [-0.2, 0) is 36.0 Å². The molecule has 0 unspecified atom stereocenters. The van der Waals surface area contributed by atoms with Crippen molar-refractivity contribution in [2.75, 3.05) is 42.5 Å². The molecule has 208 valence electrons. The van der Waals surface area contributed by atoms with Gasteiger partial charge in [0.25, 0.3) is 5.91 Å². The molecule has 3 aromatic rings. The molecule has 6 aliphatic rings. The molecule has 0 radical (unpaired) electrons. The third-order valence-corrected chi connectivity index (χ3v) is 10.4. The molecule has 1 amide bonds. The minimum absolute atomic E-state index is 0.220. The lowest BCUT2D eigenvalue weighted by Crippen LogP contribution is -2.50. The number of aliphatic carboxylic acids is 1. The van der Waals surface area contributed by atoms with E-state index in [1.807, 2.05) is 24.3 Å². The van der Waals surface area contributed by atoms with Crippen molar-refractivity contribution in [2.24, 2.45) is 0 Å². The molecule has 6 heterocycles. The third-order valence-electron chi connectivity index (χ3n) is 10.4. The predicted octanol–water partition coefficient (Wildman–Crippen LogP) is 5.02. The van der Waals surface area contributed by atoms with Crippen molar-refractivity contribution in [3.8, 4) is 11.5 Å². The van der Waals surface area contributed by atoms with Crippen molar-refractivity contribution in [1.29, 1.82) is 0 Å². The Labute approximate surface area is 239 Å². The van der Waals surface area contributed by atoms with Crippen molar-refractivity contribution in [3.63, 3.8) is 0 Å². The Kier molecular flexibility index (Phi) is 4.78. The van der Waals surface area contributed by atoms with E-state index in [0.717, 1.165) is 106 Å². The fourth-order valence-electron chi connectivity index (χ4n) is 9.01. The van der Waals surface area contributed by atoms with Crippen LogP contribution in [0.25, 0.3) is 0 Å². The number of anilines is 2. The summed E-state index contributed by atoms with van der Waals surface area (Å²) in [6, 6.07) is 12.3. The maximum atomic E-state index is 14.2. The van der Waals surface area contributed by atoms with E-state index < -0.39 is 11.5 Å². The Balaban J connectivity index is 1.44. The quantitative estimate of drug-likeness (QED) is 0.486. The number of nitrogens with zero attached hydrogens (tertiary/aromatic N) is 3. The SMILES string of the molecule is O=C(O)CN1C(=O)c2ccccc2C12c1cc3c4c(c1Oc1c2cc2c5c1CCCN5CCC2)CCCN4CCC3. The second kappa shape index (κ2) is 8.28. The van der Waals surface area contributed by atoms with E-state index >= 15 is 0 Å². The number of benzene rings is 3. The molecule has 7 nitrogen and oxygen atoms in total. The number of carboxylic acids is 1. The van der Waals surface area contributed by atoms with E-state index in [2.05, 4.69) is 21.9 Å². The second-order valence-corrected chi connectivity index (χ2v) is 12.5. The lowest BCUT2D eigenvalue weighted by Gasteiger charge is -2.48. The topological polar surface area (TPSA) is 73.3 Å². The number of ether oxygens (including phenoxy) is 1. The average molecular weight is 548 g/mol. The van der Waals surface area contributed by atoms with E-state index in [1.165, 1.54) is 33.6 Å². The van der Waals surface area contributed by atoms with Gasteiger partial charge in [-0.15, -0.1) is 0 Å². The molecule has 1 spiro atoms. The number of fused-ring (bicyclic) bond motifs is 8. The molecule has 41 heavy (non-hydrogen) atoms. The highest BCUT2D eigenvalue weighted by Crippen LogP contribution is 2.62. The molecule has 3 aromatic carbocycles. The van der Waals surface area contributed by atoms with E-state index in [-0.39, 0.29) is 12.5 Å². The van der Waals surface area contributed by atoms with Crippen LogP contribution in [0.5, 0.6) is 11.5 Å². The summed E-state index contributed by atoms with van der Waals surface area (Å²) in [4.78, 5) is 33.4. The average Bonchev–Trinajstić information content (AvgIpc) is 3.23. The summed E-state index contributed by atoms with van der Waals surface area (Å²) in [5.41, 5.74) is 10.0. The summed E-state index contributed by atoms with van der Waals surface area (Å²) < 4.78 is 7.17. The lowest BCUT2D eigenvalue weighted by molar-refractivity contribution is -0.138. The molecule has 9 rings (SSSR count).